The number of nitrogens with zero attached hydrogens (tertiary/aromatic N) is 3. The quantitative estimate of drug-likeness (QED) is 0.406. The number of hydrogen-bond acceptors (Lipinski definition) is 5. The van der Waals surface area contributed by atoms with E-state index in [1.165, 1.54) is 40.2 Å². The van der Waals surface area contributed by atoms with E-state index in [4.69, 9.17) is 0 Å². The number of amides is 2. The Labute approximate surface area is 203 Å². The Morgan fingerprint density at radius 2 is 1.71 bits per heavy atom. The lowest BCUT2D eigenvalue weighted by molar-refractivity contribution is -0.119. The molecule has 10 heteroatoms. The SMILES string of the molecule is CCN(C(=O)Cn1c(=O)n(CCC(=O)Nc2ccc(F)cc2)c(=O)c2sccc21)c1ccccc1. The Morgan fingerprint density at radius 3 is 2.40 bits per heavy atom. The number of halogens is 1. The Balaban J connectivity index is 1.59. The highest BCUT2D eigenvalue weighted by Gasteiger charge is 2.20. The van der Waals surface area contributed by atoms with Crippen molar-refractivity contribution in [1.82, 2.24) is 9.13 Å². The molecule has 180 valence electrons. The van der Waals surface area contributed by atoms with Gasteiger partial charge in [0.15, 0.2) is 0 Å². The molecule has 0 aliphatic rings. The molecule has 2 heterocycles. The topological polar surface area (TPSA) is 93.4 Å². The molecule has 0 aliphatic heterocycles. The number of benzene rings is 2. The van der Waals surface area contributed by atoms with Gasteiger partial charge in [-0.1, -0.05) is 18.2 Å². The van der Waals surface area contributed by atoms with Gasteiger partial charge < -0.3 is 10.2 Å². The first-order valence-electron chi connectivity index (χ1n) is 11.0. The molecule has 1 N–H and O–H groups in total. The summed E-state index contributed by atoms with van der Waals surface area (Å²) in [6.07, 6.45) is -0.150. The summed E-state index contributed by atoms with van der Waals surface area (Å²) in [5.74, 6) is -1.16. The number of aromatic nitrogens is 2. The van der Waals surface area contributed by atoms with Gasteiger partial charge in [-0.15, -0.1) is 11.3 Å². The Kier molecular flexibility index (Phi) is 7.21. The largest absolute Gasteiger partial charge is 0.332 e. The zero-order chi connectivity index (χ0) is 24.9. The fourth-order valence-electron chi connectivity index (χ4n) is 3.78. The van der Waals surface area contributed by atoms with Crippen LogP contribution in [0.25, 0.3) is 10.2 Å². The first-order chi connectivity index (χ1) is 16.9. The van der Waals surface area contributed by atoms with E-state index < -0.39 is 23.0 Å². The summed E-state index contributed by atoms with van der Waals surface area (Å²) >= 11 is 1.17. The molecule has 0 bridgehead atoms. The van der Waals surface area contributed by atoms with Crippen LogP contribution in [0.4, 0.5) is 15.8 Å². The van der Waals surface area contributed by atoms with Crippen molar-refractivity contribution >= 4 is 44.7 Å². The second-order valence-electron chi connectivity index (χ2n) is 7.74. The number of hydrogen-bond donors (Lipinski definition) is 1. The molecule has 2 aromatic carbocycles. The van der Waals surface area contributed by atoms with Gasteiger partial charge in [-0.3, -0.25) is 23.5 Å². The van der Waals surface area contributed by atoms with Crippen LogP contribution < -0.4 is 21.5 Å². The lowest BCUT2D eigenvalue weighted by Gasteiger charge is -2.22. The second kappa shape index (κ2) is 10.5. The maximum atomic E-state index is 13.3. The summed E-state index contributed by atoms with van der Waals surface area (Å²) in [4.78, 5) is 53.3. The molecule has 35 heavy (non-hydrogen) atoms. The maximum absolute atomic E-state index is 13.3. The number of para-hydroxylation sites is 1. The zero-order valence-corrected chi connectivity index (χ0v) is 19.8. The van der Waals surface area contributed by atoms with Gasteiger partial charge >= 0.3 is 5.69 Å². The fraction of sp³-hybridized carbons (Fsp3) is 0.200. The van der Waals surface area contributed by atoms with Crippen LogP contribution in [0.3, 0.4) is 0 Å². The zero-order valence-electron chi connectivity index (χ0n) is 18.9. The molecule has 0 fully saturated rings. The molecule has 0 saturated heterocycles. The predicted molar refractivity (Wildman–Crippen MR) is 134 cm³/mol. The lowest BCUT2D eigenvalue weighted by atomic mass is 10.2. The Hall–Kier alpha value is -4.05. The molecule has 0 saturated carbocycles. The molecule has 0 radical (unpaired) electrons. The predicted octanol–water partition coefficient (Wildman–Crippen LogP) is 3.45. The molecule has 2 amide bonds. The number of carbonyl (C=O) groups is 2. The van der Waals surface area contributed by atoms with Crippen molar-refractivity contribution in [3.05, 3.63) is 92.7 Å². The minimum atomic E-state index is -0.659. The van der Waals surface area contributed by atoms with E-state index in [2.05, 4.69) is 5.32 Å². The van der Waals surface area contributed by atoms with Gasteiger partial charge in [-0.25, -0.2) is 9.18 Å². The maximum Gasteiger partial charge on any atom is 0.332 e. The Bertz CT molecular complexity index is 1480. The molecule has 0 spiro atoms. The highest BCUT2D eigenvalue weighted by Crippen LogP contribution is 2.17. The highest BCUT2D eigenvalue weighted by molar-refractivity contribution is 7.17. The minimum Gasteiger partial charge on any atom is -0.326 e. The van der Waals surface area contributed by atoms with Gasteiger partial charge in [0.2, 0.25) is 11.8 Å². The van der Waals surface area contributed by atoms with Crippen molar-refractivity contribution in [2.75, 3.05) is 16.8 Å². The second-order valence-corrected chi connectivity index (χ2v) is 8.66. The average molecular weight is 495 g/mol. The van der Waals surface area contributed by atoms with Crippen LogP contribution >= 0.6 is 11.3 Å². The number of nitrogens with one attached hydrogen (secondary N) is 1. The summed E-state index contributed by atoms with van der Waals surface area (Å²) < 4.78 is 15.7. The van der Waals surface area contributed by atoms with E-state index in [0.29, 0.717) is 28.1 Å². The number of rotatable bonds is 8. The third kappa shape index (κ3) is 5.22. The third-order valence-electron chi connectivity index (χ3n) is 5.51. The first-order valence-corrected chi connectivity index (χ1v) is 11.9. The molecule has 2 aromatic heterocycles. The van der Waals surface area contributed by atoms with E-state index in [0.717, 1.165) is 4.57 Å². The normalized spacial score (nSPS) is 10.9. The van der Waals surface area contributed by atoms with Crippen molar-refractivity contribution in [2.45, 2.75) is 26.4 Å². The van der Waals surface area contributed by atoms with E-state index >= 15 is 0 Å². The van der Waals surface area contributed by atoms with Crippen molar-refractivity contribution in [3.63, 3.8) is 0 Å². The molecular weight excluding hydrogens is 471 g/mol. The van der Waals surface area contributed by atoms with Crippen LogP contribution in [0, 0.1) is 5.82 Å². The molecule has 0 atom stereocenters. The molecule has 4 rings (SSSR count). The van der Waals surface area contributed by atoms with E-state index in [1.54, 1.807) is 16.3 Å². The van der Waals surface area contributed by atoms with Gasteiger partial charge in [-0.2, -0.15) is 0 Å². The van der Waals surface area contributed by atoms with E-state index in [9.17, 15) is 23.6 Å². The van der Waals surface area contributed by atoms with Crippen LogP contribution in [0.1, 0.15) is 13.3 Å². The number of likely N-dealkylation sites (N-methyl/N-ethyl adjacent to an activating group) is 1. The number of fused-ring (bicyclic) bond motifs is 1. The molecule has 8 nitrogen and oxygen atoms in total. The Morgan fingerprint density at radius 1 is 1.00 bits per heavy atom. The van der Waals surface area contributed by atoms with E-state index in [-0.39, 0.29) is 25.4 Å². The van der Waals surface area contributed by atoms with Crippen LogP contribution in [0.15, 0.2) is 75.6 Å². The highest BCUT2D eigenvalue weighted by atomic mass is 32.1. The van der Waals surface area contributed by atoms with Crippen molar-refractivity contribution in [2.24, 2.45) is 0 Å². The standard InChI is InChI=1S/C25H23FN4O4S/c1-2-28(19-6-4-3-5-7-19)22(32)16-30-20-13-15-35-23(20)24(33)29(25(30)34)14-12-21(31)27-18-10-8-17(26)9-11-18/h3-11,13,15H,2,12,14,16H2,1H3,(H,27,31). The van der Waals surface area contributed by atoms with Crippen LogP contribution in [-0.2, 0) is 22.7 Å². The van der Waals surface area contributed by atoms with Gasteiger partial charge in [-0.05, 0) is 54.8 Å². The minimum absolute atomic E-state index is 0.150. The molecule has 0 aliphatic carbocycles. The summed E-state index contributed by atoms with van der Waals surface area (Å²) in [5, 5.41) is 4.30. The number of carbonyl (C=O) groups excluding carboxylic acids is 2. The van der Waals surface area contributed by atoms with Crippen LogP contribution in [0.5, 0.6) is 0 Å². The summed E-state index contributed by atoms with van der Waals surface area (Å²) in [5.41, 5.74) is 0.331. The van der Waals surface area contributed by atoms with Crippen molar-refractivity contribution in [3.8, 4) is 0 Å². The number of thiophene rings is 1. The van der Waals surface area contributed by atoms with Gasteiger partial charge in [0.05, 0.1) is 5.52 Å². The monoisotopic (exact) mass is 494 g/mol. The summed E-state index contributed by atoms with van der Waals surface area (Å²) in [6.45, 7) is 1.84. The average Bonchev–Trinajstić information content (AvgIpc) is 3.34. The molecular formula is C25H23FN4O4S. The first kappa shape index (κ1) is 24.1. The summed E-state index contributed by atoms with van der Waals surface area (Å²) in [6, 6.07) is 16.0. The fourth-order valence-corrected chi connectivity index (χ4v) is 4.63. The lowest BCUT2D eigenvalue weighted by Crippen LogP contribution is -2.43. The van der Waals surface area contributed by atoms with Gasteiger partial charge in [0.25, 0.3) is 5.56 Å². The smallest absolute Gasteiger partial charge is 0.326 e. The molecule has 4 aromatic rings. The summed E-state index contributed by atoms with van der Waals surface area (Å²) in [7, 11) is 0. The van der Waals surface area contributed by atoms with Gasteiger partial charge in [0, 0.05) is 30.9 Å². The van der Waals surface area contributed by atoms with E-state index in [1.807, 2.05) is 37.3 Å². The van der Waals surface area contributed by atoms with Crippen LogP contribution in [0.2, 0.25) is 0 Å². The van der Waals surface area contributed by atoms with Gasteiger partial charge in [0.1, 0.15) is 17.1 Å². The number of anilines is 2. The molecule has 0 unspecified atom stereocenters. The van der Waals surface area contributed by atoms with Crippen molar-refractivity contribution in [1.29, 1.82) is 0 Å². The van der Waals surface area contributed by atoms with Crippen molar-refractivity contribution < 1.29 is 14.0 Å². The van der Waals surface area contributed by atoms with Crippen LogP contribution in [-0.4, -0.2) is 27.5 Å². The third-order valence-corrected chi connectivity index (χ3v) is 6.40.